The first kappa shape index (κ1) is 20.5. The molecule has 0 bridgehead atoms. The Balaban J connectivity index is 1.63. The van der Waals surface area contributed by atoms with Gasteiger partial charge in [-0.15, -0.1) is 0 Å². The van der Waals surface area contributed by atoms with Gasteiger partial charge in [0, 0.05) is 36.9 Å². The molecule has 1 saturated heterocycles. The molecule has 1 aliphatic rings. The molecule has 0 unspecified atom stereocenters. The summed E-state index contributed by atoms with van der Waals surface area (Å²) in [4.78, 5) is 17.2. The molecule has 2 aromatic carbocycles. The third kappa shape index (κ3) is 4.61. The van der Waals surface area contributed by atoms with Crippen molar-refractivity contribution in [2.45, 2.75) is 40.2 Å². The van der Waals surface area contributed by atoms with Crippen LogP contribution in [0, 0.1) is 20.8 Å². The van der Waals surface area contributed by atoms with E-state index in [1.165, 1.54) is 16.7 Å². The Morgan fingerprint density at radius 3 is 2.32 bits per heavy atom. The van der Waals surface area contributed by atoms with Gasteiger partial charge in [0.25, 0.3) is 5.91 Å². The zero-order chi connectivity index (χ0) is 20.3. The van der Waals surface area contributed by atoms with Crippen LogP contribution < -0.4 is 9.64 Å². The van der Waals surface area contributed by atoms with Gasteiger partial charge in [0.15, 0.2) is 6.10 Å². The minimum atomic E-state index is -0.443. The van der Waals surface area contributed by atoms with E-state index in [1.807, 2.05) is 48.2 Å². The summed E-state index contributed by atoms with van der Waals surface area (Å²) in [5, 5.41) is 0.743. The normalized spacial score (nSPS) is 15.5. The number of piperazine rings is 1. The van der Waals surface area contributed by atoms with E-state index in [0.717, 1.165) is 29.5 Å². The highest BCUT2D eigenvalue weighted by molar-refractivity contribution is 6.30. The van der Waals surface area contributed by atoms with Crippen molar-refractivity contribution in [2.24, 2.45) is 0 Å². The Kier molecular flexibility index (Phi) is 6.50. The van der Waals surface area contributed by atoms with Gasteiger partial charge in [0.2, 0.25) is 0 Å². The van der Waals surface area contributed by atoms with Gasteiger partial charge in [0.1, 0.15) is 5.75 Å². The van der Waals surface area contributed by atoms with Crippen molar-refractivity contribution in [3.8, 4) is 5.75 Å². The molecule has 1 heterocycles. The Morgan fingerprint density at radius 1 is 1.00 bits per heavy atom. The van der Waals surface area contributed by atoms with Gasteiger partial charge in [-0.3, -0.25) is 4.79 Å². The maximum Gasteiger partial charge on any atom is 0.263 e. The summed E-state index contributed by atoms with van der Waals surface area (Å²) in [6.07, 6.45) is 0.209. The summed E-state index contributed by atoms with van der Waals surface area (Å²) in [6, 6.07) is 11.9. The van der Waals surface area contributed by atoms with Gasteiger partial charge in [-0.2, -0.15) is 0 Å². The lowest BCUT2D eigenvalue weighted by Crippen LogP contribution is -2.52. The van der Waals surface area contributed by atoms with Crippen LogP contribution in [0.2, 0.25) is 5.02 Å². The van der Waals surface area contributed by atoms with E-state index in [9.17, 15) is 4.79 Å². The second-order valence-electron chi connectivity index (χ2n) is 7.50. The van der Waals surface area contributed by atoms with E-state index in [4.69, 9.17) is 16.3 Å². The Morgan fingerprint density at radius 2 is 1.68 bits per heavy atom. The van der Waals surface area contributed by atoms with E-state index in [1.54, 1.807) is 0 Å². The average Bonchev–Trinajstić information content (AvgIpc) is 2.70. The van der Waals surface area contributed by atoms with Crippen molar-refractivity contribution in [3.05, 3.63) is 58.1 Å². The number of hydrogen-bond donors (Lipinski definition) is 0. The lowest BCUT2D eigenvalue weighted by atomic mass is 10.1. The minimum absolute atomic E-state index is 0.0724. The number of carbonyl (C=O) groups excluding carboxylic acids is 1. The Bertz CT molecular complexity index is 844. The number of benzene rings is 2. The number of ether oxygens (including phenoxy) is 1. The molecule has 5 heteroatoms. The maximum atomic E-state index is 13.0. The van der Waals surface area contributed by atoms with E-state index in [2.05, 4.69) is 25.7 Å². The van der Waals surface area contributed by atoms with Gasteiger partial charge >= 0.3 is 0 Å². The quantitative estimate of drug-likeness (QED) is 0.724. The van der Waals surface area contributed by atoms with Crippen molar-refractivity contribution >= 4 is 23.2 Å². The molecule has 28 heavy (non-hydrogen) atoms. The number of halogens is 1. The minimum Gasteiger partial charge on any atom is -0.481 e. The molecule has 0 aliphatic carbocycles. The second kappa shape index (κ2) is 8.87. The number of rotatable bonds is 5. The number of hydrogen-bond acceptors (Lipinski definition) is 3. The van der Waals surface area contributed by atoms with Crippen LogP contribution in [0.3, 0.4) is 0 Å². The molecular formula is C23H29ClN2O2. The number of carbonyl (C=O) groups is 1. The maximum absolute atomic E-state index is 13.0. The molecule has 0 radical (unpaired) electrons. The zero-order valence-corrected chi connectivity index (χ0v) is 17.9. The van der Waals surface area contributed by atoms with E-state index >= 15 is 0 Å². The van der Waals surface area contributed by atoms with Crippen molar-refractivity contribution < 1.29 is 9.53 Å². The van der Waals surface area contributed by atoms with Gasteiger partial charge < -0.3 is 14.5 Å². The highest BCUT2D eigenvalue weighted by atomic mass is 35.5. The van der Waals surface area contributed by atoms with Crippen LogP contribution in [0.4, 0.5) is 5.69 Å². The lowest BCUT2D eigenvalue weighted by molar-refractivity contribution is -0.139. The molecule has 1 amide bonds. The fourth-order valence-corrected chi connectivity index (χ4v) is 3.72. The summed E-state index contributed by atoms with van der Waals surface area (Å²) in [5.41, 5.74) is 4.75. The highest BCUT2D eigenvalue weighted by Gasteiger charge is 2.28. The predicted molar refractivity (Wildman–Crippen MR) is 116 cm³/mol. The predicted octanol–water partition coefficient (Wildman–Crippen LogP) is 4.77. The molecule has 1 atom stereocenters. The zero-order valence-electron chi connectivity index (χ0n) is 17.2. The van der Waals surface area contributed by atoms with Crippen molar-refractivity contribution in [1.82, 2.24) is 4.90 Å². The Labute approximate surface area is 173 Å². The molecule has 4 nitrogen and oxygen atoms in total. The second-order valence-corrected chi connectivity index (χ2v) is 7.94. The van der Waals surface area contributed by atoms with Crippen LogP contribution in [0.1, 0.15) is 30.0 Å². The molecule has 2 aromatic rings. The van der Waals surface area contributed by atoms with Crippen molar-refractivity contribution in [2.75, 3.05) is 31.1 Å². The number of nitrogens with zero attached hydrogens (tertiary/aromatic N) is 2. The summed E-state index contributed by atoms with van der Waals surface area (Å²) in [6.45, 7) is 11.2. The first-order valence-corrected chi connectivity index (χ1v) is 10.3. The average molecular weight is 401 g/mol. The number of anilines is 1. The van der Waals surface area contributed by atoms with E-state index in [-0.39, 0.29) is 5.91 Å². The topological polar surface area (TPSA) is 32.8 Å². The van der Waals surface area contributed by atoms with Crippen LogP contribution in [-0.4, -0.2) is 43.1 Å². The molecule has 1 aliphatic heterocycles. The summed E-state index contributed by atoms with van der Waals surface area (Å²) >= 11 is 6.17. The third-order valence-corrected chi connectivity index (χ3v) is 5.74. The number of aryl methyl sites for hydroxylation is 3. The van der Waals surface area contributed by atoms with E-state index in [0.29, 0.717) is 19.5 Å². The first-order valence-electron chi connectivity index (χ1n) is 9.93. The monoisotopic (exact) mass is 400 g/mol. The van der Waals surface area contributed by atoms with Crippen molar-refractivity contribution in [3.63, 3.8) is 0 Å². The lowest BCUT2D eigenvalue weighted by Gasteiger charge is -2.38. The number of amides is 1. The van der Waals surface area contributed by atoms with Crippen LogP contribution in [0.15, 0.2) is 36.4 Å². The molecule has 150 valence electrons. The van der Waals surface area contributed by atoms with Crippen LogP contribution >= 0.6 is 11.6 Å². The fourth-order valence-electron chi connectivity index (χ4n) is 3.55. The molecule has 0 aromatic heterocycles. The van der Waals surface area contributed by atoms with Gasteiger partial charge in [-0.1, -0.05) is 30.7 Å². The van der Waals surface area contributed by atoms with Gasteiger partial charge in [-0.05, 0) is 68.1 Å². The molecule has 0 N–H and O–H groups in total. The van der Waals surface area contributed by atoms with Crippen LogP contribution in [0.25, 0.3) is 0 Å². The van der Waals surface area contributed by atoms with Gasteiger partial charge in [-0.25, -0.2) is 0 Å². The molecule has 1 fully saturated rings. The van der Waals surface area contributed by atoms with Crippen LogP contribution in [0.5, 0.6) is 5.75 Å². The van der Waals surface area contributed by atoms with Crippen LogP contribution in [-0.2, 0) is 4.79 Å². The highest BCUT2D eigenvalue weighted by Crippen LogP contribution is 2.26. The molecular weight excluding hydrogens is 372 g/mol. The summed E-state index contributed by atoms with van der Waals surface area (Å²) < 4.78 is 6.04. The summed E-state index contributed by atoms with van der Waals surface area (Å²) in [5.74, 6) is 0.833. The van der Waals surface area contributed by atoms with E-state index < -0.39 is 6.10 Å². The SMILES string of the molecule is CC[C@H](Oc1ccc(C)c(C)c1)C(=O)N1CCN(c2cc(Cl)ccc2C)CC1. The first-order chi connectivity index (χ1) is 13.4. The molecule has 0 spiro atoms. The van der Waals surface area contributed by atoms with Crippen molar-refractivity contribution in [1.29, 1.82) is 0 Å². The Hall–Kier alpha value is -2.20. The van der Waals surface area contributed by atoms with Gasteiger partial charge in [0.05, 0.1) is 0 Å². The smallest absolute Gasteiger partial charge is 0.263 e. The standard InChI is InChI=1S/C23H29ClN2O2/c1-5-22(28-20-9-7-16(2)18(4)14-20)23(27)26-12-10-25(11-13-26)21-15-19(24)8-6-17(21)3/h6-9,14-15,22H,5,10-13H2,1-4H3/t22-/m0/s1. The summed E-state index contributed by atoms with van der Waals surface area (Å²) in [7, 11) is 0. The molecule has 0 saturated carbocycles. The third-order valence-electron chi connectivity index (χ3n) is 5.51. The molecule has 3 rings (SSSR count). The largest absolute Gasteiger partial charge is 0.481 e. The fraction of sp³-hybridized carbons (Fsp3) is 0.435.